The van der Waals surface area contributed by atoms with E-state index in [1.165, 1.54) is 0 Å². The fourth-order valence-electron chi connectivity index (χ4n) is 2.77. The van der Waals surface area contributed by atoms with Gasteiger partial charge >= 0.3 is 5.97 Å². The molecule has 2 aromatic carbocycles. The van der Waals surface area contributed by atoms with Crippen LogP contribution in [0.25, 0.3) is 0 Å². The molecular weight excluding hydrogens is 306 g/mol. The molecule has 124 valence electrons. The van der Waals surface area contributed by atoms with Crippen LogP contribution in [0.5, 0.6) is 5.75 Å². The molecule has 5 heteroatoms. The Bertz CT molecular complexity index is 769. The second-order valence-electron chi connectivity index (χ2n) is 5.99. The summed E-state index contributed by atoms with van der Waals surface area (Å²) in [6, 6.07) is 14.6. The van der Waals surface area contributed by atoms with Crippen molar-refractivity contribution < 1.29 is 19.1 Å². The van der Waals surface area contributed by atoms with Crippen LogP contribution >= 0.6 is 0 Å². The van der Waals surface area contributed by atoms with Gasteiger partial charge in [0.25, 0.3) is 5.91 Å². The van der Waals surface area contributed by atoms with Gasteiger partial charge in [-0.05, 0) is 36.2 Å². The molecule has 0 aromatic heterocycles. The van der Waals surface area contributed by atoms with Crippen molar-refractivity contribution in [2.24, 2.45) is 0 Å². The van der Waals surface area contributed by atoms with Gasteiger partial charge in [-0.1, -0.05) is 30.3 Å². The van der Waals surface area contributed by atoms with Crippen LogP contribution in [0, 0.1) is 0 Å². The first-order valence-corrected chi connectivity index (χ1v) is 7.74. The number of ether oxygens (including phenoxy) is 2. The van der Waals surface area contributed by atoms with Gasteiger partial charge < -0.3 is 14.8 Å². The molecular formula is C19H19NO4. The third kappa shape index (κ3) is 3.11. The summed E-state index contributed by atoms with van der Waals surface area (Å²) in [5, 5.41) is 2.84. The zero-order valence-corrected chi connectivity index (χ0v) is 13.7. The molecule has 0 saturated carbocycles. The van der Waals surface area contributed by atoms with Gasteiger partial charge in [0.05, 0.1) is 12.7 Å². The van der Waals surface area contributed by atoms with Crippen LogP contribution in [0.1, 0.15) is 28.4 Å². The highest BCUT2D eigenvalue weighted by Gasteiger charge is 2.42. The van der Waals surface area contributed by atoms with Crippen LogP contribution in [0.3, 0.4) is 0 Å². The van der Waals surface area contributed by atoms with E-state index in [9.17, 15) is 9.59 Å². The minimum atomic E-state index is -1.20. The van der Waals surface area contributed by atoms with Crippen molar-refractivity contribution in [3.8, 4) is 5.75 Å². The molecule has 1 heterocycles. The van der Waals surface area contributed by atoms with E-state index in [4.69, 9.17) is 9.47 Å². The zero-order chi connectivity index (χ0) is 17.2. The summed E-state index contributed by atoms with van der Waals surface area (Å²) in [4.78, 5) is 24.7. The van der Waals surface area contributed by atoms with Gasteiger partial charge in [-0.3, -0.25) is 4.79 Å². The van der Waals surface area contributed by atoms with Crippen LogP contribution in [0.4, 0.5) is 0 Å². The predicted molar refractivity (Wildman–Crippen MR) is 88.8 cm³/mol. The number of benzene rings is 2. The number of hydrogen-bond donors (Lipinski definition) is 1. The Morgan fingerprint density at radius 3 is 2.62 bits per heavy atom. The van der Waals surface area contributed by atoms with Gasteiger partial charge in [-0.2, -0.15) is 0 Å². The Morgan fingerprint density at radius 1 is 1.21 bits per heavy atom. The van der Waals surface area contributed by atoms with Crippen molar-refractivity contribution >= 4 is 11.9 Å². The molecule has 0 aliphatic carbocycles. The van der Waals surface area contributed by atoms with Gasteiger partial charge in [-0.25, -0.2) is 4.79 Å². The molecule has 1 N–H and O–H groups in total. The highest BCUT2D eigenvalue weighted by molar-refractivity contribution is 5.97. The number of methoxy groups -OCH3 is 1. The maximum absolute atomic E-state index is 12.6. The first-order valence-electron chi connectivity index (χ1n) is 7.74. The van der Waals surface area contributed by atoms with Gasteiger partial charge in [0.2, 0.25) is 0 Å². The third-order valence-corrected chi connectivity index (χ3v) is 4.18. The molecule has 0 fully saturated rings. The number of fused-ring (bicyclic) bond motifs is 1. The van der Waals surface area contributed by atoms with E-state index in [1.54, 1.807) is 26.2 Å². The number of nitrogens with one attached hydrogen (secondary N) is 1. The molecule has 0 unspecified atom stereocenters. The molecule has 0 spiro atoms. The number of rotatable bonds is 4. The lowest BCUT2D eigenvalue weighted by Gasteiger charge is -2.33. The van der Waals surface area contributed by atoms with Crippen LogP contribution in [0.15, 0.2) is 48.5 Å². The van der Waals surface area contributed by atoms with Gasteiger partial charge in [0.1, 0.15) is 5.75 Å². The quantitative estimate of drug-likeness (QED) is 0.877. The largest absolute Gasteiger partial charge is 0.497 e. The van der Waals surface area contributed by atoms with E-state index < -0.39 is 11.6 Å². The lowest BCUT2D eigenvalue weighted by atomic mass is 9.89. The second kappa shape index (κ2) is 6.35. The summed E-state index contributed by atoms with van der Waals surface area (Å²) in [6.45, 7) is 2.00. The van der Waals surface area contributed by atoms with Crippen molar-refractivity contribution in [3.63, 3.8) is 0 Å². The van der Waals surface area contributed by atoms with Crippen LogP contribution in [0.2, 0.25) is 0 Å². The van der Waals surface area contributed by atoms with Crippen LogP contribution in [-0.2, 0) is 22.5 Å². The van der Waals surface area contributed by atoms with Crippen molar-refractivity contribution in [2.45, 2.75) is 25.5 Å². The molecule has 3 rings (SSSR count). The van der Waals surface area contributed by atoms with Crippen molar-refractivity contribution in [3.05, 3.63) is 65.2 Å². The lowest BCUT2D eigenvalue weighted by molar-refractivity contribution is -0.139. The van der Waals surface area contributed by atoms with Gasteiger partial charge in [-0.15, -0.1) is 0 Å². The standard InChI is InChI=1S/C19H19NO4/c1-19(11-14-5-3-4-6-16(14)17(21)24-19)18(22)20-12-13-7-9-15(23-2)10-8-13/h3-10H,11-12H2,1-2H3,(H,20,22)/t19-/m0/s1. The molecule has 1 aliphatic heterocycles. The number of carbonyl (C=O) groups excluding carboxylic acids is 2. The number of carbonyl (C=O) groups is 2. The smallest absolute Gasteiger partial charge is 0.339 e. The highest BCUT2D eigenvalue weighted by Crippen LogP contribution is 2.28. The maximum Gasteiger partial charge on any atom is 0.339 e. The molecule has 1 amide bonds. The Balaban J connectivity index is 1.69. The second-order valence-corrected chi connectivity index (χ2v) is 5.99. The molecule has 1 aliphatic rings. The van der Waals surface area contributed by atoms with E-state index in [2.05, 4.69) is 5.32 Å². The predicted octanol–water partition coefficient (Wildman–Crippen LogP) is 2.48. The van der Waals surface area contributed by atoms with Crippen molar-refractivity contribution in [1.29, 1.82) is 0 Å². The van der Waals surface area contributed by atoms with Crippen LogP contribution in [-0.4, -0.2) is 24.6 Å². The maximum atomic E-state index is 12.6. The number of esters is 1. The molecule has 0 radical (unpaired) electrons. The van der Waals surface area contributed by atoms with E-state index >= 15 is 0 Å². The molecule has 0 bridgehead atoms. The SMILES string of the molecule is COc1ccc(CNC(=O)[C@]2(C)Cc3ccccc3C(=O)O2)cc1. The van der Waals surface area contributed by atoms with E-state index in [0.29, 0.717) is 18.5 Å². The van der Waals surface area contributed by atoms with E-state index in [0.717, 1.165) is 16.9 Å². The molecule has 2 aromatic rings. The first-order chi connectivity index (χ1) is 11.5. The van der Waals surface area contributed by atoms with Gasteiger partial charge in [0.15, 0.2) is 5.60 Å². The fraction of sp³-hybridized carbons (Fsp3) is 0.263. The Hall–Kier alpha value is -2.82. The molecule has 24 heavy (non-hydrogen) atoms. The summed E-state index contributed by atoms with van der Waals surface area (Å²) >= 11 is 0. The monoisotopic (exact) mass is 325 g/mol. The Labute approximate surface area is 140 Å². The number of hydrogen-bond acceptors (Lipinski definition) is 4. The summed E-state index contributed by atoms with van der Waals surface area (Å²) in [5.41, 5.74) is 1.10. The topological polar surface area (TPSA) is 64.6 Å². The highest BCUT2D eigenvalue weighted by atomic mass is 16.6. The average molecular weight is 325 g/mol. The van der Waals surface area contributed by atoms with E-state index in [1.807, 2.05) is 36.4 Å². The minimum Gasteiger partial charge on any atom is -0.497 e. The van der Waals surface area contributed by atoms with Crippen molar-refractivity contribution in [1.82, 2.24) is 5.32 Å². The Morgan fingerprint density at radius 2 is 1.92 bits per heavy atom. The Kier molecular flexibility index (Phi) is 4.25. The van der Waals surface area contributed by atoms with Crippen molar-refractivity contribution in [2.75, 3.05) is 7.11 Å². The summed E-state index contributed by atoms with van der Waals surface area (Å²) in [7, 11) is 1.60. The zero-order valence-electron chi connectivity index (χ0n) is 13.7. The molecule has 0 saturated heterocycles. The number of amides is 1. The minimum absolute atomic E-state index is 0.304. The normalized spacial score (nSPS) is 19.2. The fourth-order valence-corrected chi connectivity index (χ4v) is 2.77. The van der Waals surface area contributed by atoms with Gasteiger partial charge in [0, 0.05) is 13.0 Å². The average Bonchev–Trinajstić information content (AvgIpc) is 2.60. The van der Waals surface area contributed by atoms with E-state index in [-0.39, 0.29) is 5.91 Å². The number of cyclic esters (lactones) is 1. The molecule has 5 nitrogen and oxygen atoms in total. The summed E-state index contributed by atoms with van der Waals surface area (Å²) in [6.07, 6.45) is 0.364. The first kappa shape index (κ1) is 16.1. The third-order valence-electron chi connectivity index (χ3n) is 4.18. The summed E-state index contributed by atoms with van der Waals surface area (Å²) < 4.78 is 10.5. The molecule has 1 atom stereocenters. The summed E-state index contributed by atoms with van der Waals surface area (Å²) in [5.74, 6) is -0.00465. The van der Waals surface area contributed by atoms with Crippen LogP contribution < -0.4 is 10.1 Å². The lowest BCUT2D eigenvalue weighted by Crippen LogP contribution is -2.51.